The summed E-state index contributed by atoms with van der Waals surface area (Å²) in [5, 5.41) is 4.10. The largest absolute Gasteiger partial charge is 0.380 e. The van der Waals surface area contributed by atoms with Gasteiger partial charge in [-0.25, -0.2) is 4.98 Å². The van der Waals surface area contributed by atoms with Crippen LogP contribution in [0.4, 0.5) is 0 Å². The lowest BCUT2D eigenvalue weighted by atomic mass is 10.6. The molecule has 12 heavy (non-hydrogen) atoms. The smallest absolute Gasteiger partial charge is 0.164 e. The maximum atomic E-state index is 5.35. The van der Waals surface area contributed by atoms with Crippen LogP contribution in [0, 0.1) is 0 Å². The molecule has 0 unspecified atom stereocenters. The van der Waals surface area contributed by atoms with Gasteiger partial charge in [0.1, 0.15) is 6.33 Å². The maximum Gasteiger partial charge on any atom is 0.164 e. The maximum absolute atomic E-state index is 5.35. The molecule has 0 saturated heterocycles. The van der Waals surface area contributed by atoms with E-state index >= 15 is 0 Å². The van der Waals surface area contributed by atoms with Crippen molar-refractivity contribution in [1.29, 1.82) is 0 Å². The Morgan fingerprint density at radius 3 is 3.08 bits per heavy atom. The topological polar surface area (TPSA) is 66.0 Å². The van der Waals surface area contributed by atoms with E-state index in [1.165, 1.54) is 0 Å². The predicted molar refractivity (Wildman–Crippen MR) is 44.4 cm³/mol. The lowest BCUT2D eigenvalue weighted by molar-refractivity contribution is 0.136. The first-order chi connectivity index (χ1) is 5.86. The Morgan fingerprint density at radius 2 is 2.50 bits per heavy atom. The highest BCUT2D eigenvalue weighted by Gasteiger charge is 1.96. The first-order valence-corrected chi connectivity index (χ1v) is 4.03. The molecule has 0 saturated carbocycles. The number of ether oxygens (including phenoxy) is 1. The van der Waals surface area contributed by atoms with Gasteiger partial charge in [0.25, 0.3) is 0 Å². The fourth-order valence-corrected chi connectivity index (χ4v) is 0.837. The zero-order valence-corrected chi connectivity index (χ0v) is 7.23. The van der Waals surface area contributed by atoms with Gasteiger partial charge in [-0.1, -0.05) is 0 Å². The first-order valence-electron chi connectivity index (χ1n) is 4.03. The summed E-state index contributed by atoms with van der Waals surface area (Å²) >= 11 is 0. The van der Waals surface area contributed by atoms with Crippen molar-refractivity contribution in [3.63, 3.8) is 0 Å². The predicted octanol–water partition coefficient (Wildman–Crippen LogP) is -0.227. The third-order valence-corrected chi connectivity index (χ3v) is 1.44. The molecule has 0 spiro atoms. The van der Waals surface area contributed by atoms with Gasteiger partial charge in [-0.05, 0) is 6.92 Å². The van der Waals surface area contributed by atoms with E-state index in [4.69, 9.17) is 10.5 Å². The summed E-state index contributed by atoms with van der Waals surface area (Å²) in [7, 11) is 0. The molecule has 0 fully saturated rings. The molecule has 0 aliphatic heterocycles. The molecule has 1 heterocycles. The van der Waals surface area contributed by atoms with Gasteiger partial charge in [0.2, 0.25) is 0 Å². The molecule has 5 heteroatoms. The summed E-state index contributed by atoms with van der Waals surface area (Å²) in [5.41, 5.74) is 5.35. The van der Waals surface area contributed by atoms with E-state index in [9.17, 15) is 0 Å². The highest BCUT2D eigenvalue weighted by molar-refractivity contribution is 4.78. The fraction of sp³-hybridized carbons (Fsp3) is 0.714. The summed E-state index contributed by atoms with van der Waals surface area (Å²) in [6.45, 7) is 4.50. The van der Waals surface area contributed by atoms with Crippen molar-refractivity contribution in [2.24, 2.45) is 5.73 Å². The number of nitrogens with two attached hydrogens (primary N) is 1. The van der Waals surface area contributed by atoms with Gasteiger partial charge in [-0.2, -0.15) is 5.10 Å². The third-order valence-electron chi connectivity index (χ3n) is 1.44. The van der Waals surface area contributed by atoms with Crippen LogP contribution in [0.3, 0.4) is 0 Å². The second-order valence-corrected chi connectivity index (χ2v) is 2.32. The van der Waals surface area contributed by atoms with E-state index in [1.807, 2.05) is 6.92 Å². The molecule has 0 amide bonds. The molecular formula is C7H14N4O. The molecule has 0 bridgehead atoms. The lowest BCUT2D eigenvalue weighted by Crippen LogP contribution is -2.07. The summed E-state index contributed by atoms with van der Waals surface area (Å²) in [6.07, 6.45) is 1.67. The molecule has 0 aliphatic rings. The molecule has 1 aromatic rings. The van der Waals surface area contributed by atoms with E-state index in [2.05, 4.69) is 10.1 Å². The Bertz CT molecular complexity index is 223. The SMILES string of the molecule is CCOCCn1cnc(CN)n1. The standard InChI is InChI=1S/C7H14N4O/c1-2-12-4-3-11-6-9-7(5-8)10-11/h6H,2-5,8H2,1H3. The number of hydrogen-bond donors (Lipinski definition) is 1. The third kappa shape index (κ3) is 2.60. The minimum absolute atomic E-state index is 0.391. The van der Waals surface area contributed by atoms with Crippen molar-refractivity contribution in [3.8, 4) is 0 Å². The highest BCUT2D eigenvalue weighted by Crippen LogP contribution is 1.88. The second kappa shape index (κ2) is 4.84. The normalized spacial score (nSPS) is 10.5. The summed E-state index contributed by atoms with van der Waals surface area (Å²) in [5.74, 6) is 0.673. The molecule has 1 rings (SSSR count). The van der Waals surface area contributed by atoms with Crippen LogP contribution in [0.5, 0.6) is 0 Å². The molecule has 2 N–H and O–H groups in total. The van der Waals surface area contributed by atoms with Crippen LogP contribution >= 0.6 is 0 Å². The summed E-state index contributed by atoms with van der Waals surface area (Å²) < 4.78 is 6.89. The van der Waals surface area contributed by atoms with Crippen molar-refractivity contribution in [1.82, 2.24) is 14.8 Å². The number of aromatic nitrogens is 3. The monoisotopic (exact) mass is 170 g/mol. The van der Waals surface area contributed by atoms with Gasteiger partial charge >= 0.3 is 0 Å². The van der Waals surface area contributed by atoms with Gasteiger partial charge in [0.15, 0.2) is 5.82 Å². The molecule has 0 atom stereocenters. The second-order valence-electron chi connectivity index (χ2n) is 2.32. The van der Waals surface area contributed by atoms with Gasteiger partial charge in [-0.3, -0.25) is 4.68 Å². The average molecular weight is 170 g/mol. The van der Waals surface area contributed by atoms with Gasteiger partial charge in [-0.15, -0.1) is 0 Å². The summed E-state index contributed by atoms with van der Waals surface area (Å²) in [6, 6.07) is 0. The number of rotatable bonds is 5. The van der Waals surface area contributed by atoms with E-state index in [0.717, 1.165) is 13.2 Å². The molecule has 68 valence electrons. The quantitative estimate of drug-likeness (QED) is 0.620. The molecule has 0 aromatic carbocycles. The fourth-order valence-electron chi connectivity index (χ4n) is 0.837. The molecular weight excluding hydrogens is 156 g/mol. The Balaban J connectivity index is 2.31. The lowest BCUT2D eigenvalue weighted by Gasteiger charge is -1.99. The van der Waals surface area contributed by atoms with Crippen LogP contribution in [0.15, 0.2) is 6.33 Å². The Kier molecular flexibility index (Phi) is 3.69. The summed E-state index contributed by atoms with van der Waals surface area (Å²) in [4.78, 5) is 3.98. The van der Waals surface area contributed by atoms with Gasteiger partial charge in [0.05, 0.1) is 19.7 Å². The zero-order valence-electron chi connectivity index (χ0n) is 7.23. The van der Waals surface area contributed by atoms with Crippen LogP contribution in [0.1, 0.15) is 12.7 Å². The van der Waals surface area contributed by atoms with E-state index in [-0.39, 0.29) is 0 Å². The molecule has 0 aliphatic carbocycles. The van der Waals surface area contributed by atoms with Crippen molar-refractivity contribution < 1.29 is 4.74 Å². The van der Waals surface area contributed by atoms with Crippen LogP contribution < -0.4 is 5.73 Å². The molecule has 1 aromatic heterocycles. The van der Waals surface area contributed by atoms with Crippen LogP contribution in [-0.4, -0.2) is 28.0 Å². The van der Waals surface area contributed by atoms with Crippen molar-refractivity contribution in [2.75, 3.05) is 13.2 Å². The highest BCUT2D eigenvalue weighted by atomic mass is 16.5. The first kappa shape index (κ1) is 9.15. The number of hydrogen-bond acceptors (Lipinski definition) is 4. The van der Waals surface area contributed by atoms with Crippen molar-refractivity contribution in [3.05, 3.63) is 12.2 Å². The van der Waals surface area contributed by atoms with Crippen molar-refractivity contribution >= 4 is 0 Å². The number of nitrogens with zero attached hydrogens (tertiary/aromatic N) is 3. The molecule has 0 radical (unpaired) electrons. The van der Waals surface area contributed by atoms with Gasteiger partial charge < -0.3 is 10.5 Å². The minimum Gasteiger partial charge on any atom is -0.380 e. The van der Waals surface area contributed by atoms with Crippen LogP contribution in [0.2, 0.25) is 0 Å². The Morgan fingerprint density at radius 1 is 1.67 bits per heavy atom. The van der Waals surface area contributed by atoms with Gasteiger partial charge in [0, 0.05) is 6.61 Å². The zero-order chi connectivity index (χ0) is 8.81. The van der Waals surface area contributed by atoms with Crippen molar-refractivity contribution in [2.45, 2.75) is 20.0 Å². The Labute approximate surface area is 71.5 Å². The molecule has 5 nitrogen and oxygen atoms in total. The van der Waals surface area contributed by atoms with Crippen LogP contribution in [-0.2, 0) is 17.8 Å². The minimum atomic E-state index is 0.391. The van der Waals surface area contributed by atoms with E-state index in [0.29, 0.717) is 19.0 Å². The van der Waals surface area contributed by atoms with E-state index in [1.54, 1.807) is 11.0 Å². The Hall–Kier alpha value is -0.940. The van der Waals surface area contributed by atoms with Crippen LogP contribution in [0.25, 0.3) is 0 Å². The van der Waals surface area contributed by atoms with E-state index < -0.39 is 0 Å². The average Bonchev–Trinajstić information content (AvgIpc) is 2.53.